The lowest BCUT2D eigenvalue weighted by atomic mass is 10.6. The molecule has 0 aliphatic carbocycles. The number of rotatable bonds is 8. The third kappa shape index (κ3) is 7.09. The maximum atomic E-state index is 4.48. The van der Waals surface area contributed by atoms with Crippen LogP contribution in [-0.4, -0.2) is 30.6 Å². The summed E-state index contributed by atoms with van der Waals surface area (Å²) in [5, 5.41) is 1.70. The maximum absolute atomic E-state index is 4.48. The first-order valence-electron chi connectivity index (χ1n) is 5.40. The van der Waals surface area contributed by atoms with Crippen LogP contribution in [0.3, 0.4) is 0 Å². The predicted octanol–water partition coefficient (Wildman–Crippen LogP) is 3.81. The van der Waals surface area contributed by atoms with Crippen LogP contribution < -0.4 is 0 Å². The van der Waals surface area contributed by atoms with Crippen LogP contribution in [0.25, 0.3) is 0 Å². The van der Waals surface area contributed by atoms with E-state index in [4.69, 9.17) is 0 Å². The Kier molecular flexibility index (Phi) is 9.56. The Morgan fingerprint density at radius 1 is 1.06 bits per heavy atom. The van der Waals surface area contributed by atoms with Crippen LogP contribution in [0.4, 0.5) is 0 Å². The summed E-state index contributed by atoms with van der Waals surface area (Å²) >= 11 is 20.5. The molecular weight excluding hydrogens is 341 g/mol. The van der Waals surface area contributed by atoms with Gasteiger partial charge in [-0.2, -0.15) is 50.5 Å². The molecular formula is C10H16N2S6. The van der Waals surface area contributed by atoms with Crippen LogP contribution in [0.2, 0.25) is 0 Å². The fraction of sp³-hybridized carbons (Fsp3) is 0.600. The van der Waals surface area contributed by atoms with E-state index < -0.39 is 0 Å². The molecule has 0 radical (unpaired) electrons. The number of nitrogens with zero attached hydrogens (tertiary/aromatic N) is 2. The molecule has 2 atom stereocenters. The van der Waals surface area contributed by atoms with Gasteiger partial charge in [-0.05, 0) is 30.4 Å². The highest BCUT2D eigenvalue weighted by Crippen LogP contribution is 2.30. The zero-order valence-electron chi connectivity index (χ0n) is 9.64. The van der Waals surface area contributed by atoms with E-state index >= 15 is 0 Å². The van der Waals surface area contributed by atoms with E-state index in [1.54, 1.807) is 29.7 Å². The third-order valence-electron chi connectivity index (χ3n) is 1.86. The highest BCUT2D eigenvalue weighted by molar-refractivity contribution is 8.10. The first-order chi connectivity index (χ1) is 8.65. The molecule has 18 heavy (non-hydrogen) atoms. The molecule has 0 fully saturated rings. The molecule has 0 aromatic carbocycles. The standard InChI is InChI=1S/C10H16N2S6/c13-5-2-8(15)17-7-1-4-11-10(12-7)18-9(16)3-6-14/h1,4,8-9,13-16H,2-3,5-6H2. The first kappa shape index (κ1) is 17.2. The second-order valence-corrected chi connectivity index (χ2v) is 8.58. The number of thiol groups is 4. The van der Waals surface area contributed by atoms with Gasteiger partial charge in [-0.3, -0.25) is 0 Å². The molecule has 8 heteroatoms. The average molecular weight is 357 g/mol. The third-order valence-corrected chi connectivity index (χ3v) is 5.42. The highest BCUT2D eigenvalue weighted by atomic mass is 32.2. The molecule has 0 saturated carbocycles. The zero-order chi connectivity index (χ0) is 13.4. The molecule has 1 heterocycles. The zero-order valence-corrected chi connectivity index (χ0v) is 14.8. The molecule has 0 N–H and O–H groups in total. The molecule has 0 bridgehead atoms. The van der Waals surface area contributed by atoms with Crippen LogP contribution >= 0.6 is 74.0 Å². The largest absolute Gasteiger partial charge is 0.231 e. The van der Waals surface area contributed by atoms with Crippen LogP contribution in [-0.2, 0) is 0 Å². The molecule has 1 aromatic rings. The Balaban J connectivity index is 2.56. The summed E-state index contributed by atoms with van der Waals surface area (Å²) in [6, 6.07) is 1.91. The molecule has 0 aliphatic heterocycles. The Bertz CT molecular complexity index is 322. The lowest BCUT2D eigenvalue weighted by Gasteiger charge is -2.10. The van der Waals surface area contributed by atoms with Crippen molar-refractivity contribution in [2.75, 3.05) is 11.5 Å². The van der Waals surface area contributed by atoms with E-state index in [1.165, 1.54) is 0 Å². The van der Waals surface area contributed by atoms with Gasteiger partial charge in [0.2, 0.25) is 0 Å². The van der Waals surface area contributed by atoms with Crippen molar-refractivity contribution < 1.29 is 0 Å². The van der Waals surface area contributed by atoms with E-state index in [2.05, 4.69) is 60.5 Å². The van der Waals surface area contributed by atoms with Gasteiger partial charge in [-0.15, -0.1) is 0 Å². The van der Waals surface area contributed by atoms with Gasteiger partial charge in [-0.1, -0.05) is 23.5 Å². The normalized spacial score (nSPS) is 14.4. The van der Waals surface area contributed by atoms with E-state index in [0.29, 0.717) is 0 Å². The monoisotopic (exact) mass is 356 g/mol. The van der Waals surface area contributed by atoms with Crippen molar-refractivity contribution in [1.29, 1.82) is 0 Å². The second-order valence-electron chi connectivity index (χ2n) is 3.35. The molecule has 0 amide bonds. The van der Waals surface area contributed by atoms with Crippen molar-refractivity contribution in [1.82, 2.24) is 9.97 Å². The fourth-order valence-electron chi connectivity index (χ4n) is 1.05. The van der Waals surface area contributed by atoms with Crippen LogP contribution in [0.15, 0.2) is 22.4 Å². The second kappa shape index (κ2) is 9.99. The molecule has 1 rings (SSSR count). The molecule has 1 aromatic heterocycles. The minimum absolute atomic E-state index is 0.187. The van der Waals surface area contributed by atoms with Gasteiger partial charge in [0.1, 0.15) is 5.03 Å². The van der Waals surface area contributed by atoms with Gasteiger partial charge in [0, 0.05) is 6.20 Å². The number of hydrogen-bond donors (Lipinski definition) is 4. The summed E-state index contributed by atoms with van der Waals surface area (Å²) in [5.74, 6) is 1.64. The number of hydrogen-bond acceptors (Lipinski definition) is 8. The summed E-state index contributed by atoms with van der Waals surface area (Å²) in [6.07, 6.45) is 3.64. The van der Waals surface area contributed by atoms with Gasteiger partial charge < -0.3 is 0 Å². The molecule has 2 nitrogen and oxygen atoms in total. The van der Waals surface area contributed by atoms with Gasteiger partial charge in [0.15, 0.2) is 5.16 Å². The smallest absolute Gasteiger partial charge is 0.189 e. The maximum Gasteiger partial charge on any atom is 0.189 e. The summed E-state index contributed by atoms with van der Waals surface area (Å²) in [5.41, 5.74) is 0. The number of thioether (sulfide) groups is 2. The Labute approximate surface area is 139 Å². The first-order valence-corrected chi connectivity index (χ1v) is 9.45. The van der Waals surface area contributed by atoms with Gasteiger partial charge in [0.25, 0.3) is 0 Å². The average Bonchev–Trinajstić information content (AvgIpc) is 2.29. The summed E-state index contributed by atoms with van der Waals surface area (Å²) in [4.78, 5) is 8.72. The lowest BCUT2D eigenvalue weighted by Crippen LogP contribution is -1.98. The molecule has 2 unspecified atom stereocenters. The van der Waals surface area contributed by atoms with Gasteiger partial charge in [0.05, 0.1) is 9.16 Å². The minimum atomic E-state index is 0.187. The van der Waals surface area contributed by atoms with Crippen molar-refractivity contribution in [3.63, 3.8) is 0 Å². The van der Waals surface area contributed by atoms with Crippen molar-refractivity contribution in [2.45, 2.75) is 32.2 Å². The van der Waals surface area contributed by atoms with E-state index in [9.17, 15) is 0 Å². The van der Waals surface area contributed by atoms with Crippen LogP contribution in [0.1, 0.15) is 12.8 Å². The fourth-order valence-corrected chi connectivity index (χ4v) is 4.79. The predicted molar refractivity (Wildman–Crippen MR) is 96.2 cm³/mol. The summed E-state index contributed by atoms with van der Waals surface area (Å²) in [6.45, 7) is 0. The minimum Gasteiger partial charge on any atom is -0.231 e. The van der Waals surface area contributed by atoms with Gasteiger partial charge >= 0.3 is 0 Å². The topological polar surface area (TPSA) is 25.8 Å². The molecule has 102 valence electrons. The van der Waals surface area contributed by atoms with Crippen molar-refractivity contribution >= 4 is 74.0 Å². The van der Waals surface area contributed by atoms with Crippen molar-refractivity contribution in [3.8, 4) is 0 Å². The Hall–Kier alpha value is 1.18. The SMILES string of the molecule is SCCC(S)Sc1ccnc(SC(S)CCS)n1. The van der Waals surface area contributed by atoms with Gasteiger partial charge in [-0.25, -0.2) is 9.97 Å². The van der Waals surface area contributed by atoms with E-state index in [1.807, 2.05) is 6.07 Å². The summed E-state index contributed by atoms with van der Waals surface area (Å²) < 4.78 is 0.409. The van der Waals surface area contributed by atoms with Crippen molar-refractivity contribution in [3.05, 3.63) is 12.3 Å². The lowest BCUT2D eigenvalue weighted by molar-refractivity contribution is 0.885. The van der Waals surface area contributed by atoms with Crippen molar-refractivity contribution in [2.24, 2.45) is 0 Å². The quantitative estimate of drug-likeness (QED) is 0.187. The van der Waals surface area contributed by atoms with E-state index in [0.717, 1.165) is 34.5 Å². The number of aromatic nitrogens is 2. The summed E-state index contributed by atoms with van der Waals surface area (Å²) in [7, 11) is 0. The Morgan fingerprint density at radius 3 is 2.28 bits per heavy atom. The van der Waals surface area contributed by atoms with Crippen LogP contribution in [0, 0.1) is 0 Å². The molecule has 0 spiro atoms. The van der Waals surface area contributed by atoms with Crippen LogP contribution in [0.5, 0.6) is 0 Å². The van der Waals surface area contributed by atoms with E-state index in [-0.39, 0.29) is 9.16 Å². The molecule has 0 saturated heterocycles. The molecule has 0 aliphatic rings. The Morgan fingerprint density at radius 2 is 1.67 bits per heavy atom. The highest BCUT2D eigenvalue weighted by Gasteiger charge is 2.10.